The van der Waals surface area contributed by atoms with Crippen LogP contribution >= 0.6 is 11.6 Å². The predicted molar refractivity (Wildman–Crippen MR) is 79.9 cm³/mol. The zero-order valence-electron chi connectivity index (χ0n) is 11.3. The van der Waals surface area contributed by atoms with Crippen LogP contribution in [-0.2, 0) is 6.42 Å². The van der Waals surface area contributed by atoms with Crippen LogP contribution in [0.15, 0.2) is 30.5 Å². The van der Waals surface area contributed by atoms with E-state index < -0.39 is 0 Å². The molecule has 0 fully saturated rings. The van der Waals surface area contributed by atoms with Crippen molar-refractivity contribution >= 4 is 28.5 Å². The number of fused-ring (bicyclic) bond motifs is 1. The number of aromatic nitrogens is 4. The van der Waals surface area contributed by atoms with E-state index in [1.807, 2.05) is 6.92 Å². The summed E-state index contributed by atoms with van der Waals surface area (Å²) < 4.78 is 12.9. The molecule has 0 saturated heterocycles. The highest BCUT2D eigenvalue weighted by Gasteiger charge is 2.11. The molecule has 1 aromatic carbocycles. The quantitative estimate of drug-likeness (QED) is 0.727. The number of rotatable bonds is 4. The highest BCUT2D eigenvalue weighted by atomic mass is 35.5. The molecular formula is C14H13ClFN5. The fraction of sp³-hybridized carbons (Fsp3) is 0.214. The maximum Gasteiger partial charge on any atom is 0.226 e. The van der Waals surface area contributed by atoms with Crippen molar-refractivity contribution in [2.75, 3.05) is 5.32 Å². The number of nitrogens with one attached hydrogen (secondary N) is 2. The van der Waals surface area contributed by atoms with Gasteiger partial charge in [0.05, 0.1) is 11.6 Å². The highest BCUT2D eigenvalue weighted by molar-refractivity contribution is 6.28. The van der Waals surface area contributed by atoms with Crippen LogP contribution in [0.5, 0.6) is 0 Å². The van der Waals surface area contributed by atoms with Gasteiger partial charge in [0.15, 0.2) is 5.65 Å². The summed E-state index contributed by atoms with van der Waals surface area (Å²) in [6.45, 7) is 2.02. The van der Waals surface area contributed by atoms with Crippen molar-refractivity contribution < 1.29 is 4.39 Å². The molecule has 2 heterocycles. The van der Waals surface area contributed by atoms with Gasteiger partial charge in [-0.3, -0.25) is 5.10 Å². The molecule has 21 heavy (non-hydrogen) atoms. The SMILES string of the molecule is CC(Cc1ccc(F)cc1)Nc1nc(Cl)nc2[nH]ncc12. The molecule has 0 aliphatic heterocycles. The van der Waals surface area contributed by atoms with E-state index >= 15 is 0 Å². The Balaban J connectivity index is 1.78. The van der Waals surface area contributed by atoms with Crippen molar-refractivity contribution in [1.29, 1.82) is 0 Å². The van der Waals surface area contributed by atoms with E-state index in [1.54, 1.807) is 18.3 Å². The van der Waals surface area contributed by atoms with Crippen molar-refractivity contribution in [3.05, 3.63) is 47.1 Å². The average Bonchev–Trinajstić information content (AvgIpc) is 2.89. The summed E-state index contributed by atoms with van der Waals surface area (Å²) in [6.07, 6.45) is 2.39. The van der Waals surface area contributed by atoms with Crippen LogP contribution in [0.25, 0.3) is 11.0 Å². The van der Waals surface area contributed by atoms with E-state index in [0.717, 1.165) is 17.4 Å². The van der Waals surface area contributed by atoms with E-state index in [0.29, 0.717) is 11.5 Å². The van der Waals surface area contributed by atoms with Crippen LogP contribution in [0, 0.1) is 5.82 Å². The van der Waals surface area contributed by atoms with Crippen molar-refractivity contribution in [3.63, 3.8) is 0 Å². The molecular weight excluding hydrogens is 293 g/mol. The molecule has 0 amide bonds. The van der Waals surface area contributed by atoms with E-state index in [2.05, 4.69) is 25.5 Å². The molecule has 0 aliphatic carbocycles. The molecule has 3 aromatic rings. The fourth-order valence-electron chi connectivity index (χ4n) is 2.18. The smallest absolute Gasteiger partial charge is 0.226 e. The first-order valence-corrected chi connectivity index (χ1v) is 6.87. The van der Waals surface area contributed by atoms with E-state index in [-0.39, 0.29) is 17.1 Å². The molecule has 0 saturated carbocycles. The van der Waals surface area contributed by atoms with Gasteiger partial charge in [-0.1, -0.05) is 12.1 Å². The van der Waals surface area contributed by atoms with Crippen LogP contribution in [0.1, 0.15) is 12.5 Å². The molecule has 1 unspecified atom stereocenters. The lowest BCUT2D eigenvalue weighted by Crippen LogP contribution is -2.19. The minimum Gasteiger partial charge on any atom is -0.367 e. The van der Waals surface area contributed by atoms with Gasteiger partial charge in [-0.05, 0) is 42.6 Å². The first-order chi connectivity index (χ1) is 10.1. The van der Waals surface area contributed by atoms with Gasteiger partial charge in [0.25, 0.3) is 0 Å². The van der Waals surface area contributed by atoms with Gasteiger partial charge in [-0.25, -0.2) is 4.39 Å². The summed E-state index contributed by atoms with van der Waals surface area (Å²) in [4.78, 5) is 8.24. The Morgan fingerprint density at radius 3 is 2.81 bits per heavy atom. The summed E-state index contributed by atoms with van der Waals surface area (Å²) in [5.41, 5.74) is 1.63. The lowest BCUT2D eigenvalue weighted by Gasteiger charge is -2.15. The number of halogens is 2. The largest absolute Gasteiger partial charge is 0.367 e. The maximum atomic E-state index is 12.9. The van der Waals surface area contributed by atoms with Crippen LogP contribution < -0.4 is 5.32 Å². The van der Waals surface area contributed by atoms with E-state index in [4.69, 9.17) is 11.6 Å². The van der Waals surface area contributed by atoms with Crippen LogP contribution in [0.4, 0.5) is 10.2 Å². The highest BCUT2D eigenvalue weighted by Crippen LogP contribution is 2.21. The Kier molecular flexibility index (Phi) is 3.70. The van der Waals surface area contributed by atoms with Crippen molar-refractivity contribution in [3.8, 4) is 0 Å². The first kappa shape index (κ1) is 13.8. The molecule has 0 spiro atoms. The second-order valence-corrected chi connectivity index (χ2v) is 5.19. The minimum atomic E-state index is -0.234. The van der Waals surface area contributed by atoms with Gasteiger partial charge in [0.2, 0.25) is 5.28 Å². The summed E-state index contributed by atoms with van der Waals surface area (Å²) in [6, 6.07) is 6.55. The zero-order chi connectivity index (χ0) is 14.8. The Hall–Kier alpha value is -2.21. The number of nitrogens with zero attached hydrogens (tertiary/aromatic N) is 3. The number of H-pyrrole nitrogens is 1. The molecule has 108 valence electrons. The van der Waals surface area contributed by atoms with Crippen LogP contribution in [-0.4, -0.2) is 26.2 Å². The molecule has 5 nitrogen and oxygen atoms in total. The van der Waals surface area contributed by atoms with Crippen LogP contribution in [0.2, 0.25) is 5.28 Å². The summed E-state index contributed by atoms with van der Waals surface area (Å²) in [7, 11) is 0. The summed E-state index contributed by atoms with van der Waals surface area (Å²) in [5.74, 6) is 0.399. The molecule has 0 aliphatic rings. The Bertz CT molecular complexity index is 756. The molecule has 0 bridgehead atoms. The van der Waals surface area contributed by atoms with Crippen molar-refractivity contribution in [2.24, 2.45) is 0 Å². The third-order valence-electron chi connectivity index (χ3n) is 3.12. The number of aromatic amines is 1. The van der Waals surface area contributed by atoms with Gasteiger partial charge in [-0.15, -0.1) is 0 Å². The third-order valence-corrected chi connectivity index (χ3v) is 3.29. The van der Waals surface area contributed by atoms with Gasteiger partial charge in [-0.2, -0.15) is 15.1 Å². The molecule has 2 aromatic heterocycles. The Morgan fingerprint density at radius 1 is 1.29 bits per heavy atom. The number of anilines is 1. The first-order valence-electron chi connectivity index (χ1n) is 6.49. The van der Waals surface area contributed by atoms with Crippen LogP contribution in [0.3, 0.4) is 0 Å². The van der Waals surface area contributed by atoms with Gasteiger partial charge >= 0.3 is 0 Å². The molecule has 0 radical (unpaired) electrons. The second kappa shape index (κ2) is 5.65. The zero-order valence-corrected chi connectivity index (χ0v) is 12.0. The Labute approximate surface area is 125 Å². The van der Waals surface area contributed by atoms with Gasteiger partial charge < -0.3 is 5.32 Å². The number of hydrogen-bond donors (Lipinski definition) is 2. The van der Waals surface area contributed by atoms with Crippen molar-refractivity contribution in [2.45, 2.75) is 19.4 Å². The van der Waals surface area contributed by atoms with Gasteiger partial charge in [0.1, 0.15) is 11.6 Å². The molecule has 2 N–H and O–H groups in total. The number of benzene rings is 1. The lowest BCUT2D eigenvalue weighted by molar-refractivity contribution is 0.626. The third kappa shape index (κ3) is 3.11. The molecule has 7 heteroatoms. The topological polar surface area (TPSA) is 66.5 Å². The lowest BCUT2D eigenvalue weighted by atomic mass is 10.1. The standard InChI is InChI=1S/C14H13ClFN5/c1-8(6-9-2-4-10(16)5-3-9)18-12-11-7-17-21-13(11)20-14(15)19-12/h2-5,7-8H,6H2,1H3,(H2,17,18,19,20,21). The fourth-order valence-corrected chi connectivity index (χ4v) is 2.35. The van der Waals surface area contributed by atoms with Gasteiger partial charge in [0, 0.05) is 6.04 Å². The number of hydrogen-bond acceptors (Lipinski definition) is 4. The molecule has 3 rings (SSSR count). The summed E-state index contributed by atoms with van der Waals surface area (Å²) >= 11 is 5.89. The van der Waals surface area contributed by atoms with E-state index in [9.17, 15) is 4.39 Å². The normalized spacial score (nSPS) is 12.5. The average molecular weight is 306 g/mol. The predicted octanol–water partition coefficient (Wildman–Crippen LogP) is 3.19. The van der Waals surface area contributed by atoms with Crippen molar-refractivity contribution in [1.82, 2.24) is 20.2 Å². The second-order valence-electron chi connectivity index (χ2n) is 4.85. The Morgan fingerprint density at radius 2 is 2.05 bits per heavy atom. The minimum absolute atomic E-state index is 0.0968. The molecule has 1 atom stereocenters. The maximum absolute atomic E-state index is 12.9. The monoisotopic (exact) mass is 305 g/mol. The summed E-state index contributed by atoms with van der Waals surface area (Å²) in [5, 5.41) is 10.9. The van der Waals surface area contributed by atoms with E-state index in [1.165, 1.54) is 12.1 Å².